The van der Waals surface area contributed by atoms with Crippen LogP contribution in [0.25, 0.3) is 0 Å². The minimum absolute atomic E-state index is 0.298. The molecule has 0 amide bonds. The van der Waals surface area contributed by atoms with E-state index in [1.807, 2.05) is 0 Å². The van der Waals surface area contributed by atoms with Crippen LogP contribution in [0.4, 0.5) is 26.3 Å². The van der Waals surface area contributed by atoms with E-state index >= 15 is 0 Å². The maximum Gasteiger partial charge on any atom is 0.416 e. The summed E-state index contributed by atoms with van der Waals surface area (Å²) in [6.45, 7) is 0. The molecule has 0 fully saturated rings. The average molecular weight is 243 g/mol. The molecule has 0 heterocycles. The summed E-state index contributed by atoms with van der Waals surface area (Å²) in [6, 6.07) is -0.828. The molecule has 2 N–H and O–H groups in total. The number of hydrogen-bond donors (Lipinski definition) is 1. The van der Waals surface area contributed by atoms with E-state index in [2.05, 4.69) is 0 Å². The Hall–Kier alpha value is -1.24. The molecule has 1 rings (SSSR count). The van der Waals surface area contributed by atoms with Crippen molar-refractivity contribution in [3.8, 4) is 0 Å². The lowest BCUT2D eigenvalue weighted by molar-refractivity contribution is -0.137. The third-order valence-electron chi connectivity index (χ3n) is 1.95. The van der Waals surface area contributed by atoms with Crippen LogP contribution in [0.3, 0.4) is 0 Å². The molecule has 16 heavy (non-hydrogen) atoms. The van der Waals surface area contributed by atoms with Gasteiger partial charge in [-0.15, -0.1) is 0 Å². The molecule has 0 aromatic heterocycles. The van der Waals surface area contributed by atoms with E-state index in [1.54, 1.807) is 0 Å². The zero-order chi connectivity index (χ0) is 12.5. The second-order valence-corrected chi connectivity index (χ2v) is 3.09. The third-order valence-corrected chi connectivity index (χ3v) is 1.95. The summed E-state index contributed by atoms with van der Waals surface area (Å²) in [4.78, 5) is 0. The Morgan fingerprint density at radius 3 is 2.12 bits per heavy atom. The van der Waals surface area contributed by atoms with Gasteiger partial charge in [0.1, 0.15) is 5.82 Å². The highest BCUT2D eigenvalue weighted by molar-refractivity contribution is 5.29. The monoisotopic (exact) mass is 243 g/mol. The second-order valence-electron chi connectivity index (χ2n) is 3.09. The molecule has 1 atom stereocenters. The summed E-state index contributed by atoms with van der Waals surface area (Å²) >= 11 is 0. The minimum atomic E-state index is -4.72. The molecule has 0 aliphatic rings. The van der Waals surface area contributed by atoms with Crippen LogP contribution in [-0.2, 0) is 6.18 Å². The predicted molar refractivity (Wildman–Crippen MR) is 44.3 cm³/mol. The van der Waals surface area contributed by atoms with Gasteiger partial charge in [-0.3, -0.25) is 0 Å². The average Bonchev–Trinajstić information content (AvgIpc) is 2.15. The van der Waals surface area contributed by atoms with E-state index in [0.29, 0.717) is 18.2 Å². The molecule has 0 saturated carbocycles. The molecule has 1 nitrogen and oxygen atoms in total. The van der Waals surface area contributed by atoms with Crippen molar-refractivity contribution in [1.82, 2.24) is 0 Å². The van der Waals surface area contributed by atoms with E-state index in [0.717, 1.165) is 0 Å². The smallest absolute Gasteiger partial charge is 0.319 e. The fraction of sp³-hybridized carbons (Fsp3) is 0.333. The van der Waals surface area contributed by atoms with Gasteiger partial charge < -0.3 is 5.73 Å². The molecule has 7 heteroatoms. The standard InChI is InChI=1S/C9H7F6N/c10-6-2-1-4(9(13,14)15)3-5(6)7(16)8(11)12/h1-3,7-8H,16H2/t7-/m0/s1. The Kier molecular flexibility index (Phi) is 3.47. The summed E-state index contributed by atoms with van der Waals surface area (Å²) in [5.74, 6) is -1.18. The topological polar surface area (TPSA) is 26.0 Å². The van der Waals surface area contributed by atoms with Gasteiger partial charge in [-0.2, -0.15) is 13.2 Å². The van der Waals surface area contributed by atoms with Crippen LogP contribution in [0.5, 0.6) is 0 Å². The molecular formula is C9H7F6N. The number of hydrogen-bond acceptors (Lipinski definition) is 1. The van der Waals surface area contributed by atoms with E-state index in [4.69, 9.17) is 5.73 Å². The van der Waals surface area contributed by atoms with Gasteiger partial charge in [-0.05, 0) is 18.2 Å². The maximum atomic E-state index is 13.0. The van der Waals surface area contributed by atoms with Crippen LogP contribution in [0.15, 0.2) is 18.2 Å². The van der Waals surface area contributed by atoms with Crippen LogP contribution in [0, 0.1) is 5.82 Å². The normalized spacial score (nSPS) is 14.2. The predicted octanol–water partition coefficient (Wildman–Crippen LogP) is 3.11. The number of nitrogens with two attached hydrogens (primary N) is 1. The largest absolute Gasteiger partial charge is 0.416 e. The zero-order valence-electron chi connectivity index (χ0n) is 7.73. The van der Waals surface area contributed by atoms with Crippen molar-refractivity contribution < 1.29 is 26.3 Å². The first-order valence-corrected chi connectivity index (χ1v) is 4.14. The first kappa shape index (κ1) is 12.8. The summed E-state index contributed by atoms with van der Waals surface area (Å²) < 4.78 is 73.9. The first-order valence-electron chi connectivity index (χ1n) is 4.14. The lowest BCUT2D eigenvalue weighted by Gasteiger charge is -2.14. The van der Waals surface area contributed by atoms with Gasteiger partial charge >= 0.3 is 6.18 Å². The Morgan fingerprint density at radius 2 is 1.69 bits per heavy atom. The lowest BCUT2D eigenvalue weighted by Crippen LogP contribution is -2.21. The quantitative estimate of drug-likeness (QED) is 0.793. The van der Waals surface area contributed by atoms with E-state index in [9.17, 15) is 26.3 Å². The molecule has 0 radical (unpaired) electrons. The van der Waals surface area contributed by atoms with Crippen molar-refractivity contribution >= 4 is 0 Å². The molecule has 0 spiro atoms. The highest BCUT2D eigenvalue weighted by atomic mass is 19.4. The van der Waals surface area contributed by atoms with Crippen molar-refractivity contribution in [3.05, 3.63) is 35.1 Å². The van der Waals surface area contributed by atoms with Gasteiger partial charge in [-0.1, -0.05) is 0 Å². The minimum Gasteiger partial charge on any atom is -0.319 e. The van der Waals surface area contributed by atoms with E-state index in [-0.39, 0.29) is 0 Å². The fourth-order valence-corrected chi connectivity index (χ4v) is 1.11. The molecule has 0 saturated heterocycles. The van der Waals surface area contributed by atoms with Gasteiger partial charge in [0.25, 0.3) is 6.43 Å². The Bertz CT molecular complexity index is 373. The van der Waals surface area contributed by atoms with Gasteiger partial charge in [0, 0.05) is 5.56 Å². The third kappa shape index (κ3) is 2.66. The van der Waals surface area contributed by atoms with Gasteiger partial charge in [0.15, 0.2) is 0 Å². The molecular weight excluding hydrogens is 236 g/mol. The molecule has 90 valence electrons. The fourth-order valence-electron chi connectivity index (χ4n) is 1.11. The van der Waals surface area contributed by atoms with E-state index in [1.165, 1.54) is 0 Å². The van der Waals surface area contributed by atoms with Gasteiger partial charge in [-0.25, -0.2) is 13.2 Å². The summed E-state index contributed by atoms with van der Waals surface area (Å²) in [7, 11) is 0. The van der Waals surface area contributed by atoms with Crippen molar-refractivity contribution in [2.24, 2.45) is 5.73 Å². The number of halogens is 6. The zero-order valence-corrected chi connectivity index (χ0v) is 7.73. The lowest BCUT2D eigenvalue weighted by atomic mass is 10.0. The Balaban J connectivity index is 3.19. The van der Waals surface area contributed by atoms with Crippen molar-refractivity contribution in [2.45, 2.75) is 18.6 Å². The summed E-state index contributed by atoms with van der Waals surface area (Å²) in [6.07, 6.45) is -7.84. The van der Waals surface area contributed by atoms with Crippen molar-refractivity contribution in [3.63, 3.8) is 0 Å². The highest BCUT2D eigenvalue weighted by Gasteiger charge is 2.32. The van der Waals surface area contributed by atoms with Crippen LogP contribution >= 0.6 is 0 Å². The molecule has 1 aromatic rings. The number of rotatable bonds is 2. The van der Waals surface area contributed by atoms with Gasteiger partial charge in [0.05, 0.1) is 11.6 Å². The molecule has 0 unspecified atom stereocenters. The van der Waals surface area contributed by atoms with Crippen LogP contribution in [0.2, 0.25) is 0 Å². The van der Waals surface area contributed by atoms with Gasteiger partial charge in [0.2, 0.25) is 0 Å². The van der Waals surface area contributed by atoms with Crippen LogP contribution in [-0.4, -0.2) is 6.43 Å². The number of alkyl halides is 5. The van der Waals surface area contributed by atoms with Crippen molar-refractivity contribution in [1.29, 1.82) is 0 Å². The molecule has 0 aliphatic heterocycles. The molecule has 1 aromatic carbocycles. The number of benzene rings is 1. The molecule has 0 aliphatic carbocycles. The summed E-state index contributed by atoms with van der Waals surface area (Å²) in [5, 5.41) is 0. The molecule has 0 bridgehead atoms. The Morgan fingerprint density at radius 1 is 1.12 bits per heavy atom. The van der Waals surface area contributed by atoms with Crippen LogP contribution in [0.1, 0.15) is 17.2 Å². The second kappa shape index (κ2) is 4.32. The highest BCUT2D eigenvalue weighted by Crippen LogP contribution is 2.32. The van der Waals surface area contributed by atoms with E-state index < -0.39 is 35.6 Å². The van der Waals surface area contributed by atoms with Crippen molar-refractivity contribution in [2.75, 3.05) is 0 Å². The van der Waals surface area contributed by atoms with Crippen LogP contribution < -0.4 is 5.73 Å². The first-order chi connectivity index (χ1) is 7.23. The summed E-state index contributed by atoms with van der Waals surface area (Å²) in [5.41, 5.74) is 2.84. The SMILES string of the molecule is N[C@@H](c1cc(C(F)(F)F)ccc1F)C(F)F. The maximum absolute atomic E-state index is 13.0. The Labute approximate surface area is 86.9 Å².